The van der Waals surface area contributed by atoms with Crippen molar-refractivity contribution in [3.63, 3.8) is 0 Å². The Labute approximate surface area is 124 Å². The molecule has 0 amide bonds. The Morgan fingerprint density at radius 1 is 1.00 bits per heavy atom. The van der Waals surface area contributed by atoms with Crippen LogP contribution in [0.2, 0.25) is 0 Å². The average molecular weight is 289 g/mol. The average Bonchev–Trinajstić information content (AvgIpc) is 2.41. The number of nitrogens with two attached hydrogens (primary N) is 1. The van der Waals surface area contributed by atoms with E-state index in [9.17, 15) is 4.39 Å². The van der Waals surface area contributed by atoms with E-state index in [-0.39, 0.29) is 11.9 Å². The Morgan fingerprint density at radius 3 is 2.20 bits per heavy atom. The SMILES string of the molecule is CC(C)c1ccc(Sc2ccc(F)cc2[C@@H](C)N)cc1. The Kier molecular flexibility index (Phi) is 4.84. The van der Waals surface area contributed by atoms with Crippen molar-refractivity contribution in [2.45, 2.75) is 42.5 Å². The summed E-state index contributed by atoms with van der Waals surface area (Å²) in [4.78, 5) is 2.15. The van der Waals surface area contributed by atoms with Crippen LogP contribution in [0.3, 0.4) is 0 Å². The zero-order chi connectivity index (χ0) is 14.7. The molecule has 0 aromatic heterocycles. The Bertz CT molecular complexity index is 576. The lowest BCUT2D eigenvalue weighted by Gasteiger charge is -2.13. The highest BCUT2D eigenvalue weighted by atomic mass is 32.2. The summed E-state index contributed by atoms with van der Waals surface area (Å²) in [6.07, 6.45) is 0. The summed E-state index contributed by atoms with van der Waals surface area (Å²) in [6, 6.07) is 13.1. The van der Waals surface area contributed by atoms with Crippen molar-refractivity contribution in [3.05, 3.63) is 59.4 Å². The first-order valence-electron chi connectivity index (χ1n) is 6.80. The van der Waals surface area contributed by atoms with Crippen LogP contribution in [0, 0.1) is 5.82 Å². The van der Waals surface area contributed by atoms with E-state index in [1.165, 1.54) is 17.7 Å². The molecule has 3 heteroatoms. The second kappa shape index (κ2) is 6.42. The highest BCUT2D eigenvalue weighted by Gasteiger charge is 2.10. The van der Waals surface area contributed by atoms with E-state index in [0.717, 1.165) is 15.4 Å². The van der Waals surface area contributed by atoms with Crippen LogP contribution < -0.4 is 5.73 Å². The standard InChI is InChI=1S/C17H20FNS/c1-11(2)13-4-7-15(8-5-13)20-17-9-6-14(18)10-16(17)12(3)19/h4-12H,19H2,1-3H3/t12-/m1/s1. The molecular weight excluding hydrogens is 269 g/mol. The smallest absolute Gasteiger partial charge is 0.123 e. The Morgan fingerprint density at radius 2 is 1.65 bits per heavy atom. The number of hydrogen-bond donors (Lipinski definition) is 1. The zero-order valence-electron chi connectivity index (χ0n) is 12.1. The number of hydrogen-bond acceptors (Lipinski definition) is 2. The van der Waals surface area contributed by atoms with Gasteiger partial charge in [-0.05, 0) is 54.3 Å². The summed E-state index contributed by atoms with van der Waals surface area (Å²) >= 11 is 1.63. The number of benzene rings is 2. The summed E-state index contributed by atoms with van der Waals surface area (Å²) in [7, 11) is 0. The third kappa shape index (κ3) is 3.62. The maximum absolute atomic E-state index is 13.3. The van der Waals surface area contributed by atoms with E-state index in [1.54, 1.807) is 17.8 Å². The minimum atomic E-state index is -0.239. The first-order chi connectivity index (χ1) is 9.47. The summed E-state index contributed by atoms with van der Waals surface area (Å²) in [5, 5.41) is 0. The molecule has 1 atom stereocenters. The quantitative estimate of drug-likeness (QED) is 0.845. The molecule has 0 saturated heterocycles. The van der Waals surface area contributed by atoms with E-state index >= 15 is 0 Å². The summed E-state index contributed by atoms with van der Waals surface area (Å²) in [5.74, 6) is 0.288. The summed E-state index contributed by atoms with van der Waals surface area (Å²) in [6.45, 7) is 6.23. The molecule has 0 unspecified atom stereocenters. The van der Waals surface area contributed by atoms with Gasteiger partial charge in [0.1, 0.15) is 5.82 Å². The molecule has 2 rings (SSSR count). The minimum Gasteiger partial charge on any atom is -0.324 e. The molecule has 0 spiro atoms. The molecule has 0 aliphatic heterocycles. The van der Waals surface area contributed by atoms with E-state index in [0.29, 0.717) is 5.92 Å². The van der Waals surface area contributed by atoms with Gasteiger partial charge in [-0.25, -0.2) is 4.39 Å². The van der Waals surface area contributed by atoms with Gasteiger partial charge in [0, 0.05) is 15.8 Å². The Hall–Kier alpha value is -1.32. The highest BCUT2D eigenvalue weighted by Crippen LogP contribution is 2.33. The second-order valence-corrected chi connectivity index (χ2v) is 6.41. The maximum atomic E-state index is 13.3. The molecule has 0 heterocycles. The first-order valence-corrected chi connectivity index (χ1v) is 7.62. The van der Waals surface area contributed by atoms with E-state index in [2.05, 4.69) is 38.1 Å². The van der Waals surface area contributed by atoms with Gasteiger partial charge in [0.25, 0.3) is 0 Å². The molecule has 20 heavy (non-hydrogen) atoms. The van der Waals surface area contributed by atoms with Crippen molar-refractivity contribution in [1.82, 2.24) is 0 Å². The molecule has 106 valence electrons. The molecule has 0 saturated carbocycles. The molecule has 0 radical (unpaired) electrons. The fraction of sp³-hybridized carbons (Fsp3) is 0.294. The maximum Gasteiger partial charge on any atom is 0.123 e. The zero-order valence-corrected chi connectivity index (χ0v) is 12.9. The monoisotopic (exact) mass is 289 g/mol. The van der Waals surface area contributed by atoms with Crippen molar-refractivity contribution in [3.8, 4) is 0 Å². The van der Waals surface area contributed by atoms with Crippen LogP contribution in [0.25, 0.3) is 0 Å². The van der Waals surface area contributed by atoms with Gasteiger partial charge >= 0.3 is 0 Å². The molecule has 0 aliphatic carbocycles. The summed E-state index contributed by atoms with van der Waals surface area (Å²) < 4.78 is 13.3. The highest BCUT2D eigenvalue weighted by molar-refractivity contribution is 7.99. The molecule has 2 aromatic rings. The van der Waals surface area contributed by atoms with Gasteiger partial charge in [-0.1, -0.05) is 37.7 Å². The molecule has 2 N–H and O–H groups in total. The van der Waals surface area contributed by atoms with Gasteiger partial charge in [0.15, 0.2) is 0 Å². The van der Waals surface area contributed by atoms with Crippen LogP contribution >= 0.6 is 11.8 Å². The lowest BCUT2D eigenvalue weighted by molar-refractivity contribution is 0.619. The third-order valence-electron chi connectivity index (χ3n) is 3.24. The predicted octanol–water partition coefficient (Wildman–Crippen LogP) is 5.12. The normalized spacial score (nSPS) is 12.7. The molecule has 0 fully saturated rings. The van der Waals surface area contributed by atoms with E-state index in [1.807, 2.05) is 6.92 Å². The molecular formula is C17H20FNS. The van der Waals surface area contributed by atoms with Crippen LogP contribution in [0.4, 0.5) is 4.39 Å². The molecule has 0 bridgehead atoms. The number of halogens is 1. The van der Waals surface area contributed by atoms with Gasteiger partial charge in [-0.15, -0.1) is 0 Å². The van der Waals surface area contributed by atoms with Crippen LogP contribution in [0.15, 0.2) is 52.3 Å². The fourth-order valence-corrected chi connectivity index (χ4v) is 3.04. The summed E-state index contributed by atoms with van der Waals surface area (Å²) in [5.41, 5.74) is 8.09. The van der Waals surface area contributed by atoms with Crippen molar-refractivity contribution in [2.75, 3.05) is 0 Å². The minimum absolute atomic E-state index is 0.178. The number of rotatable bonds is 4. The van der Waals surface area contributed by atoms with E-state index < -0.39 is 0 Å². The van der Waals surface area contributed by atoms with E-state index in [4.69, 9.17) is 5.73 Å². The first kappa shape index (κ1) is 15.1. The second-order valence-electron chi connectivity index (χ2n) is 5.30. The van der Waals surface area contributed by atoms with Gasteiger partial charge in [0.2, 0.25) is 0 Å². The molecule has 0 aliphatic rings. The lowest BCUT2D eigenvalue weighted by atomic mass is 10.0. The predicted molar refractivity (Wildman–Crippen MR) is 83.7 cm³/mol. The van der Waals surface area contributed by atoms with Gasteiger partial charge in [-0.3, -0.25) is 0 Å². The van der Waals surface area contributed by atoms with Gasteiger partial charge in [-0.2, -0.15) is 0 Å². The van der Waals surface area contributed by atoms with Crippen molar-refractivity contribution < 1.29 is 4.39 Å². The van der Waals surface area contributed by atoms with Crippen molar-refractivity contribution in [1.29, 1.82) is 0 Å². The van der Waals surface area contributed by atoms with Crippen LogP contribution in [-0.2, 0) is 0 Å². The topological polar surface area (TPSA) is 26.0 Å². The van der Waals surface area contributed by atoms with Gasteiger partial charge in [0.05, 0.1) is 0 Å². The Balaban J connectivity index is 2.25. The largest absolute Gasteiger partial charge is 0.324 e. The third-order valence-corrected chi connectivity index (χ3v) is 4.34. The molecule has 1 nitrogen and oxygen atoms in total. The van der Waals surface area contributed by atoms with Crippen LogP contribution in [0.1, 0.15) is 43.9 Å². The van der Waals surface area contributed by atoms with Crippen molar-refractivity contribution >= 4 is 11.8 Å². The molecule has 2 aromatic carbocycles. The van der Waals surface area contributed by atoms with Crippen LogP contribution in [-0.4, -0.2) is 0 Å². The van der Waals surface area contributed by atoms with Crippen molar-refractivity contribution in [2.24, 2.45) is 5.73 Å². The fourth-order valence-electron chi connectivity index (χ4n) is 2.02. The van der Waals surface area contributed by atoms with Gasteiger partial charge < -0.3 is 5.73 Å². The lowest BCUT2D eigenvalue weighted by Crippen LogP contribution is -2.06. The van der Waals surface area contributed by atoms with Crippen LogP contribution in [0.5, 0.6) is 0 Å².